The van der Waals surface area contributed by atoms with Crippen molar-refractivity contribution in [2.75, 3.05) is 13.2 Å². The van der Waals surface area contributed by atoms with E-state index in [1.165, 1.54) is 199 Å². The van der Waals surface area contributed by atoms with Crippen molar-refractivity contribution in [1.29, 1.82) is 0 Å². The monoisotopic (exact) mass is 1160 g/mol. The van der Waals surface area contributed by atoms with Crippen LogP contribution in [0.4, 0.5) is 0 Å². The first-order chi connectivity index (χ1) is 41.0. The molecule has 0 radical (unpaired) electrons. The van der Waals surface area contributed by atoms with Crippen molar-refractivity contribution in [2.24, 2.45) is 0 Å². The largest absolute Gasteiger partial charge is 0.462 e. The van der Waals surface area contributed by atoms with E-state index >= 15 is 0 Å². The highest BCUT2D eigenvalue weighted by molar-refractivity contribution is 5.71. The van der Waals surface area contributed by atoms with E-state index in [1.807, 2.05) is 0 Å². The van der Waals surface area contributed by atoms with Crippen molar-refractivity contribution in [3.8, 4) is 0 Å². The van der Waals surface area contributed by atoms with Gasteiger partial charge in [-0.3, -0.25) is 14.4 Å². The quantitative estimate of drug-likeness (QED) is 0.0261. The van der Waals surface area contributed by atoms with E-state index in [-0.39, 0.29) is 31.1 Å². The van der Waals surface area contributed by atoms with Gasteiger partial charge in [0.1, 0.15) is 13.2 Å². The highest BCUT2D eigenvalue weighted by Crippen LogP contribution is 2.18. The van der Waals surface area contributed by atoms with Crippen molar-refractivity contribution in [2.45, 2.75) is 361 Å². The molecule has 0 aliphatic heterocycles. The van der Waals surface area contributed by atoms with Gasteiger partial charge in [0.15, 0.2) is 6.10 Å². The van der Waals surface area contributed by atoms with Gasteiger partial charge in [0, 0.05) is 19.3 Å². The van der Waals surface area contributed by atoms with E-state index in [0.717, 1.165) is 116 Å². The molecule has 6 nitrogen and oxygen atoms in total. The minimum atomic E-state index is -0.785. The number of hydrogen-bond acceptors (Lipinski definition) is 6. The second-order valence-electron chi connectivity index (χ2n) is 23.8. The molecule has 0 spiro atoms. The molecule has 0 saturated carbocycles. The number of rotatable bonds is 65. The third-order valence-corrected chi connectivity index (χ3v) is 15.5. The van der Waals surface area contributed by atoms with E-state index < -0.39 is 6.10 Å². The summed E-state index contributed by atoms with van der Waals surface area (Å²) in [5.74, 6) is -0.882. The molecule has 0 aromatic rings. The number of hydrogen-bond donors (Lipinski definition) is 0. The van der Waals surface area contributed by atoms with Gasteiger partial charge in [0.25, 0.3) is 0 Å². The van der Waals surface area contributed by atoms with Gasteiger partial charge in [-0.1, -0.05) is 317 Å². The minimum absolute atomic E-state index is 0.0799. The van der Waals surface area contributed by atoms with Crippen LogP contribution < -0.4 is 0 Å². The summed E-state index contributed by atoms with van der Waals surface area (Å²) >= 11 is 0. The summed E-state index contributed by atoms with van der Waals surface area (Å²) in [5, 5.41) is 0. The first kappa shape index (κ1) is 79.3. The molecule has 0 aromatic heterocycles. The lowest BCUT2D eigenvalue weighted by molar-refractivity contribution is -0.167. The maximum absolute atomic E-state index is 12.9. The Balaban J connectivity index is 4.17. The summed E-state index contributed by atoms with van der Waals surface area (Å²) in [6.07, 6.45) is 95.9. The Labute approximate surface area is 515 Å². The maximum atomic E-state index is 12.9. The number of unbranched alkanes of at least 4 members (excludes halogenated alkanes) is 38. The zero-order valence-corrected chi connectivity index (χ0v) is 54.9. The molecular formula is C77H134O6. The standard InChI is InChI=1S/C77H134O6/c1-4-7-10-13-16-19-22-25-27-29-31-32-33-34-35-36-37-38-39-40-41-42-43-44-46-47-49-52-55-58-61-64-67-70-76(79)82-73-74(72-81-75(78)69-66-63-60-57-54-51-24-21-18-15-12-9-6-3)83-77(80)71-68-65-62-59-56-53-50-48-45-30-28-26-23-20-17-14-11-8-5-2/h7,10,12,15-17,19-21,24-28,31-32,74H,4-6,8-9,11,13-14,18,22-23,29-30,33-73H2,1-3H3/b10-7-,15-12-,19-16-,20-17-,24-21-,27-25-,28-26-,32-31-. The normalized spacial score (nSPS) is 12.7. The van der Waals surface area contributed by atoms with Gasteiger partial charge < -0.3 is 14.2 Å². The van der Waals surface area contributed by atoms with Crippen LogP contribution in [0.5, 0.6) is 0 Å². The molecule has 1 unspecified atom stereocenters. The van der Waals surface area contributed by atoms with Crippen molar-refractivity contribution < 1.29 is 28.6 Å². The van der Waals surface area contributed by atoms with Crippen molar-refractivity contribution in [3.05, 3.63) is 97.2 Å². The zero-order chi connectivity index (χ0) is 59.9. The third kappa shape index (κ3) is 69.0. The van der Waals surface area contributed by atoms with E-state index in [4.69, 9.17) is 14.2 Å². The maximum Gasteiger partial charge on any atom is 0.306 e. The van der Waals surface area contributed by atoms with Crippen LogP contribution in [0, 0.1) is 0 Å². The Morgan fingerprint density at radius 3 is 0.783 bits per heavy atom. The lowest BCUT2D eigenvalue weighted by Crippen LogP contribution is -2.30. The first-order valence-corrected chi connectivity index (χ1v) is 35.7. The van der Waals surface area contributed by atoms with E-state index in [2.05, 4.69) is 118 Å². The highest BCUT2D eigenvalue weighted by Gasteiger charge is 2.19. The Kier molecular flexibility index (Phi) is 67.7. The summed E-state index contributed by atoms with van der Waals surface area (Å²) in [6, 6.07) is 0. The summed E-state index contributed by atoms with van der Waals surface area (Å²) < 4.78 is 17.0. The van der Waals surface area contributed by atoms with Crippen LogP contribution in [0.3, 0.4) is 0 Å². The summed E-state index contributed by atoms with van der Waals surface area (Å²) in [5.41, 5.74) is 0. The van der Waals surface area contributed by atoms with Crippen LogP contribution in [0.1, 0.15) is 355 Å². The second-order valence-corrected chi connectivity index (χ2v) is 23.8. The number of carbonyl (C=O) groups is 3. The highest BCUT2D eigenvalue weighted by atomic mass is 16.6. The number of esters is 3. The average molecular weight is 1160 g/mol. The fourth-order valence-corrected chi connectivity index (χ4v) is 10.2. The van der Waals surface area contributed by atoms with Crippen LogP contribution >= 0.6 is 0 Å². The Morgan fingerprint density at radius 1 is 0.253 bits per heavy atom. The van der Waals surface area contributed by atoms with Gasteiger partial charge in [0.05, 0.1) is 0 Å². The molecule has 0 saturated heterocycles. The molecule has 6 heteroatoms. The minimum Gasteiger partial charge on any atom is -0.462 e. The predicted octanol–water partition coefficient (Wildman–Crippen LogP) is 24.8. The average Bonchev–Trinajstić information content (AvgIpc) is 3.49. The molecule has 0 aromatic carbocycles. The van der Waals surface area contributed by atoms with Crippen molar-refractivity contribution in [3.63, 3.8) is 0 Å². The van der Waals surface area contributed by atoms with Gasteiger partial charge in [0.2, 0.25) is 0 Å². The van der Waals surface area contributed by atoms with Gasteiger partial charge in [-0.2, -0.15) is 0 Å². The molecule has 0 heterocycles. The Bertz CT molecular complexity index is 1610. The molecule has 0 aliphatic rings. The van der Waals surface area contributed by atoms with Gasteiger partial charge in [-0.25, -0.2) is 0 Å². The molecular weight excluding hydrogens is 1020 g/mol. The van der Waals surface area contributed by atoms with Crippen LogP contribution in [0.25, 0.3) is 0 Å². The van der Waals surface area contributed by atoms with Crippen LogP contribution in [0.2, 0.25) is 0 Å². The first-order valence-electron chi connectivity index (χ1n) is 35.7. The molecule has 478 valence electrons. The summed E-state index contributed by atoms with van der Waals surface area (Å²) in [7, 11) is 0. The Morgan fingerprint density at radius 2 is 0.494 bits per heavy atom. The van der Waals surface area contributed by atoms with E-state index in [0.29, 0.717) is 19.3 Å². The molecule has 0 N–H and O–H groups in total. The molecule has 0 bridgehead atoms. The van der Waals surface area contributed by atoms with Gasteiger partial charge in [-0.15, -0.1) is 0 Å². The van der Waals surface area contributed by atoms with E-state index in [9.17, 15) is 14.4 Å². The fourth-order valence-electron chi connectivity index (χ4n) is 10.2. The fraction of sp³-hybridized carbons (Fsp3) is 0.753. The van der Waals surface area contributed by atoms with Gasteiger partial charge in [-0.05, 0) is 116 Å². The van der Waals surface area contributed by atoms with Crippen molar-refractivity contribution >= 4 is 17.9 Å². The van der Waals surface area contributed by atoms with Gasteiger partial charge >= 0.3 is 17.9 Å². The van der Waals surface area contributed by atoms with Crippen LogP contribution in [0.15, 0.2) is 97.2 Å². The lowest BCUT2D eigenvalue weighted by Gasteiger charge is -2.18. The molecule has 1 atom stereocenters. The zero-order valence-electron chi connectivity index (χ0n) is 54.9. The molecule has 83 heavy (non-hydrogen) atoms. The molecule has 0 fully saturated rings. The second kappa shape index (κ2) is 70.8. The summed E-state index contributed by atoms with van der Waals surface area (Å²) in [4.78, 5) is 38.4. The molecule has 0 amide bonds. The SMILES string of the molecule is CC/C=C\C/C=C\C/C=C\C/C=C\CCCCCCCCCCCCCCCCCCCCCCC(=O)OCC(COC(=O)CCCCCCC/C=C\C/C=C\CCC)OC(=O)CCCCCCCCCCC/C=C\C/C=C\CCCCC. The third-order valence-electron chi connectivity index (χ3n) is 15.5. The smallest absolute Gasteiger partial charge is 0.306 e. The molecule has 0 rings (SSSR count). The molecule has 0 aliphatic carbocycles. The van der Waals surface area contributed by atoms with Crippen LogP contribution in [-0.2, 0) is 28.6 Å². The van der Waals surface area contributed by atoms with Crippen molar-refractivity contribution in [1.82, 2.24) is 0 Å². The Hall–Kier alpha value is -3.67. The lowest BCUT2D eigenvalue weighted by atomic mass is 10.0. The topological polar surface area (TPSA) is 78.9 Å². The van der Waals surface area contributed by atoms with Crippen LogP contribution in [-0.4, -0.2) is 37.2 Å². The summed E-state index contributed by atoms with van der Waals surface area (Å²) in [6.45, 7) is 6.46. The number of carbonyl (C=O) groups excluding carboxylic acids is 3. The number of ether oxygens (including phenoxy) is 3. The van der Waals surface area contributed by atoms with E-state index in [1.54, 1.807) is 0 Å². The number of allylic oxidation sites excluding steroid dienone is 16. The predicted molar refractivity (Wildman–Crippen MR) is 362 cm³/mol.